The Kier molecular flexibility index (Phi) is 3.41. The highest BCUT2D eigenvalue weighted by Gasteiger charge is 2.14. The highest BCUT2D eigenvalue weighted by atomic mass is 35.7. The fraction of sp³-hybridized carbons (Fsp3) is 0.125. The van der Waals surface area contributed by atoms with Gasteiger partial charge in [0.1, 0.15) is 6.29 Å². The molecule has 0 N–H and O–H groups in total. The van der Waals surface area contributed by atoms with Gasteiger partial charge in [0.15, 0.2) is 11.6 Å². The quantitative estimate of drug-likeness (QED) is 0.611. The van der Waals surface area contributed by atoms with Crippen molar-refractivity contribution in [3.8, 4) is 0 Å². The number of hydrogen-bond acceptors (Lipinski definition) is 3. The monoisotopic (exact) mass is 254 g/mol. The molecule has 1 aromatic carbocycles. The minimum atomic E-state index is -3.92. The Labute approximate surface area is 89.1 Å². The number of benzene rings is 1. The highest BCUT2D eigenvalue weighted by Crippen LogP contribution is 2.17. The van der Waals surface area contributed by atoms with E-state index in [4.69, 9.17) is 10.7 Å². The summed E-state index contributed by atoms with van der Waals surface area (Å²) in [7, 11) is 1.01. The summed E-state index contributed by atoms with van der Waals surface area (Å²) in [4.78, 5) is 10.4. The van der Waals surface area contributed by atoms with Gasteiger partial charge in [-0.1, -0.05) is 0 Å². The van der Waals surface area contributed by atoms with Gasteiger partial charge in [0.05, 0.1) is 5.75 Å². The molecule has 15 heavy (non-hydrogen) atoms. The summed E-state index contributed by atoms with van der Waals surface area (Å²) < 4.78 is 46.8. The molecule has 0 saturated carbocycles. The van der Waals surface area contributed by atoms with Gasteiger partial charge >= 0.3 is 0 Å². The highest BCUT2D eigenvalue weighted by molar-refractivity contribution is 8.13. The first kappa shape index (κ1) is 12.1. The van der Waals surface area contributed by atoms with Crippen molar-refractivity contribution in [2.24, 2.45) is 0 Å². The van der Waals surface area contributed by atoms with Crippen LogP contribution < -0.4 is 0 Å². The van der Waals surface area contributed by atoms with Crippen LogP contribution in [0.1, 0.15) is 15.9 Å². The van der Waals surface area contributed by atoms with Gasteiger partial charge in [-0.3, -0.25) is 4.79 Å². The summed E-state index contributed by atoms with van der Waals surface area (Å²) in [6, 6.07) is 1.26. The lowest BCUT2D eigenvalue weighted by Gasteiger charge is -2.03. The van der Waals surface area contributed by atoms with E-state index in [1.54, 1.807) is 0 Å². The number of carbonyl (C=O) groups excluding carboxylic acids is 1. The first-order valence-electron chi connectivity index (χ1n) is 3.69. The second kappa shape index (κ2) is 4.24. The van der Waals surface area contributed by atoms with E-state index in [1.807, 2.05) is 0 Å². The van der Waals surface area contributed by atoms with Crippen LogP contribution in [-0.2, 0) is 14.8 Å². The zero-order chi connectivity index (χ0) is 11.6. The Hall–Kier alpha value is -1.01. The van der Waals surface area contributed by atoms with E-state index < -0.39 is 26.4 Å². The number of halogens is 3. The molecule has 82 valence electrons. The smallest absolute Gasteiger partial charge is 0.236 e. The molecule has 0 aromatic heterocycles. The molecule has 0 unspecified atom stereocenters. The molecule has 7 heteroatoms. The van der Waals surface area contributed by atoms with E-state index in [2.05, 4.69) is 0 Å². The van der Waals surface area contributed by atoms with Crippen molar-refractivity contribution in [1.82, 2.24) is 0 Å². The van der Waals surface area contributed by atoms with E-state index in [0.29, 0.717) is 12.1 Å². The van der Waals surface area contributed by atoms with Crippen molar-refractivity contribution in [2.75, 3.05) is 0 Å². The predicted octanol–water partition coefficient (Wildman–Crippen LogP) is 1.85. The Bertz CT molecular complexity index is 499. The summed E-state index contributed by atoms with van der Waals surface area (Å²) in [5.74, 6) is -3.16. The molecule has 0 atom stereocenters. The number of rotatable bonds is 3. The van der Waals surface area contributed by atoms with Crippen molar-refractivity contribution in [1.29, 1.82) is 0 Å². The molecule has 0 aliphatic heterocycles. The second-order valence-corrected chi connectivity index (χ2v) is 5.54. The first-order chi connectivity index (χ1) is 6.83. The minimum Gasteiger partial charge on any atom is -0.298 e. The summed E-state index contributed by atoms with van der Waals surface area (Å²) in [5.41, 5.74) is -0.406. The zero-order valence-corrected chi connectivity index (χ0v) is 8.78. The molecule has 0 aliphatic carbocycles. The van der Waals surface area contributed by atoms with E-state index in [0.717, 1.165) is 0 Å². The molecule has 0 amide bonds. The Morgan fingerprint density at radius 2 is 1.80 bits per heavy atom. The summed E-state index contributed by atoms with van der Waals surface area (Å²) >= 11 is 0. The van der Waals surface area contributed by atoms with Gasteiger partial charge in [-0.2, -0.15) is 0 Å². The van der Waals surface area contributed by atoms with Gasteiger partial charge < -0.3 is 0 Å². The molecule has 3 nitrogen and oxygen atoms in total. The Balaban J connectivity index is 3.28. The molecular formula is C8H5ClF2O3S. The predicted molar refractivity (Wildman–Crippen MR) is 50.2 cm³/mol. The van der Waals surface area contributed by atoms with Crippen molar-refractivity contribution >= 4 is 26.0 Å². The maximum Gasteiger partial charge on any atom is 0.236 e. The van der Waals surface area contributed by atoms with Crippen LogP contribution in [-0.4, -0.2) is 14.7 Å². The third kappa shape index (κ3) is 3.24. The van der Waals surface area contributed by atoms with Crippen LogP contribution in [0.25, 0.3) is 0 Å². The van der Waals surface area contributed by atoms with Crippen molar-refractivity contribution < 1.29 is 22.0 Å². The molecule has 1 rings (SSSR count). The third-order valence-electron chi connectivity index (χ3n) is 1.64. The third-order valence-corrected chi connectivity index (χ3v) is 2.62. The standard InChI is InChI=1S/C8H5ClF2O3S/c9-15(13,14)4-6-2-8(11)7(10)1-5(6)3-12/h1-3H,4H2. The number of hydrogen-bond donors (Lipinski definition) is 0. The fourth-order valence-corrected chi connectivity index (χ4v) is 2.00. The van der Waals surface area contributed by atoms with Crippen LogP contribution in [0.4, 0.5) is 8.78 Å². The van der Waals surface area contributed by atoms with Crippen LogP contribution in [0.2, 0.25) is 0 Å². The van der Waals surface area contributed by atoms with Crippen molar-refractivity contribution in [3.63, 3.8) is 0 Å². The van der Waals surface area contributed by atoms with Crippen LogP contribution >= 0.6 is 10.7 Å². The largest absolute Gasteiger partial charge is 0.298 e. The normalized spacial score (nSPS) is 11.4. The van der Waals surface area contributed by atoms with Crippen LogP contribution in [0, 0.1) is 11.6 Å². The molecule has 0 aliphatic rings. The lowest BCUT2D eigenvalue weighted by Crippen LogP contribution is -2.02. The maximum atomic E-state index is 12.7. The minimum absolute atomic E-state index is 0.168. The van der Waals surface area contributed by atoms with E-state index >= 15 is 0 Å². The van der Waals surface area contributed by atoms with Gasteiger partial charge in [-0.05, 0) is 17.7 Å². The van der Waals surface area contributed by atoms with E-state index in [9.17, 15) is 22.0 Å². The van der Waals surface area contributed by atoms with Crippen molar-refractivity contribution in [3.05, 3.63) is 34.9 Å². The van der Waals surface area contributed by atoms with E-state index in [-0.39, 0.29) is 17.4 Å². The zero-order valence-electron chi connectivity index (χ0n) is 7.21. The number of carbonyl (C=O) groups is 1. The molecular weight excluding hydrogens is 250 g/mol. The molecule has 0 bridgehead atoms. The first-order valence-corrected chi connectivity index (χ1v) is 6.17. The van der Waals surface area contributed by atoms with Gasteiger partial charge in [-0.15, -0.1) is 0 Å². The van der Waals surface area contributed by atoms with Crippen LogP contribution in [0.3, 0.4) is 0 Å². The van der Waals surface area contributed by atoms with Gasteiger partial charge in [0, 0.05) is 16.2 Å². The Morgan fingerprint density at radius 3 is 2.27 bits per heavy atom. The summed E-state index contributed by atoms with van der Waals surface area (Å²) in [5, 5.41) is 0. The van der Waals surface area contributed by atoms with Gasteiger partial charge in [0.2, 0.25) is 9.05 Å². The molecule has 0 radical (unpaired) electrons. The molecule has 0 saturated heterocycles. The summed E-state index contributed by atoms with van der Waals surface area (Å²) in [6.45, 7) is 0. The van der Waals surface area contributed by atoms with E-state index in [1.165, 1.54) is 0 Å². The average Bonchev–Trinajstić information content (AvgIpc) is 2.08. The topological polar surface area (TPSA) is 51.2 Å². The van der Waals surface area contributed by atoms with Crippen molar-refractivity contribution in [2.45, 2.75) is 5.75 Å². The second-order valence-electron chi connectivity index (χ2n) is 2.77. The molecule has 0 fully saturated rings. The maximum absolute atomic E-state index is 12.7. The molecule has 1 aromatic rings. The number of aldehydes is 1. The lowest BCUT2D eigenvalue weighted by molar-refractivity contribution is 0.112. The molecule has 0 heterocycles. The SMILES string of the molecule is O=Cc1cc(F)c(F)cc1CS(=O)(=O)Cl. The van der Waals surface area contributed by atoms with Gasteiger partial charge in [0.25, 0.3) is 0 Å². The molecule has 0 spiro atoms. The lowest BCUT2D eigenvalue weighted by atomic mass is 10.1. The fourth-order valence-electron chi connectivity index (χ4n) is 1.02. The van der Waals surface area contributed by atoms with Gasteiger partial charge in [-0.25, -0.2) is 17.2 Å². The average molecular weight is 255 g/mol. The van der Waals surface area contributed by atoms with Crippen LogP contribution in [0.5, 0.6) is 0 Å². The Morgan fingerprint density at radius 1 is 1.27 bits per heavy atom. The van der Waals surface area contributed by atoms with Crippen LogP contribution in [0.15, 0.2) is 12.1 Å². The summed E-state index contributed by atoms with van der Waals surface area (Å²) in [6.07, 6.45) is 0.236.